The fourth-order valence-electron chi connectivity index (χ4n) is 1.70. The zero-order chi connectivity index (χ0) is 13.1. The minimum absolute atomic E-state index is 0.372. The largest absolute Gasteiger partial charge is 0.465 e. The highest BCUT2D eigenvalue weighted by Gasteiger charge is 2.08. The molecule has 0 radical (unpaired) electrons. The first-order chi connectivity index (χ1) is 8.61. The highest BCUT2D eigenvalue weighted by Crippen LogP contribution is 2.30. The number of rotatable bonds is 2. The van der Waals surface area contributed by atoms with E-state index in [2.05, 4.69) is 4.74 Å². The second-order valence-corrected chi connectivity index (χ2v) is 4.22. The quantitative estimate of drug-likeness (QED) is 0.666. The van der Waals surface area contributed by atoms with Crippen LogP contribution in [-0.2, 0) is 4.74 Å². The summed E-state index contributed by atoms with van der Waals surface area (Å²) in [6.45, 7) is 0. The number of esters is 1. The second-order valence-electron chi connectivity index (χ2n) is 3.81. The van der Waals surface area contributed by atoms with Crippen molar-refractivity contribution < 1.29 is 9.53 Å². The summed E-state index contributed by atoms with van der Waals surface area (Å²) in [5, 5.41) is 0.553. The van der Waals surface area contributed by atoms with Gasteiger partial charge in [-0.3, -0.25) is 0 Å². The summed E-state index contributed by atoms with van der Waals surface area (Å²) < 4.78 is 4.68. The zero-order valence-electron chi connectivity index (χ0n) is 9.81. The fraction of sp³-hybridized carbons (Fsp3) is 0.0714. The minimum Gasteiger partial charge on any atom is -0.465 e. The van der Waals surface area contributed by atoms with Crippen LogP contribution >= 0.6 is 11.6 Å². The SMILES string of the molecule is COC(=O)c1cccc(-c2ccc(N)cc2Cl)c1. The lowest BCUT2D eigenvalue weighted by molar-refractivity contribution is 0.0601. The summed E-state index contributed by atoms with van der Waals surface area (Å²) in [5.41, 5.74) is 8.42. The summed E-state index contributed by atoms with van der Waals surface area (Å²) in [4.78, 5) is 11.5. The third-order valence-corrected chi connectivity index (χ3v) is 2.90. The number of ether oxygens (including phenoxy) is 1. The monoisotopic (exact) mass is 261 g/mol. The number of halogens is 1. The predicted molar refractivity (Wildman–Crippen MR) is 72.6 cm³/mol. The molecule has 0 saturated heterocycles. The lowest BCUT2D eigenvalue weighted by Crippen LogP contribution is -2.00. The smallest absolute Gasteiger partial charge is 0.337 e. The summed E-state index contributed by atoms with van der Waals surface area (Å²) in [5.74, 6) is -0.372. The van der Waals surface area contributed by atoms with Gasteiger partial charge in [-0.15, -0.1) is 0 Å². The van der Waals surface area contributed by atoms with Gasteiger partial charge in [-0.2, -0.15) is 0 Å². The van der Waals surface area contributed by atoms with E-state index in [1.54, 1.807) is 30.3 Å². The van der Waals surface area contributed by atoms with Crippen molar-refractivity contribution >= 4 is 23.3 Å². The number of nitrogens with two attached hydrogens (primary N) is 1. The van der Waals surface area contributed by atoms with Gasteiger partial charge in [0.15, 0.2) is 0 Å². The lowest BCUT2D eigenvalue weighted by atomic mass is 10.0. The van der Waals surface area contributed by atoms with Crippen molar-refractivity contribution in [2.24, 2.45) is 0 Å². The first kappa shape index (κ1) is 12.5. The topological polar surface area (TPSA) is 52.3 Å². The Morgan fingerprint density at radius 1 is 1.22 bits per heavy atom. The fourth-order valence-corrected chi connectivity index (χ4v) is 2.00. The molecule has 0 aliphatic carbocycles. The summed E-state index contributed by atoms with van der Waals surface area (Å²) in [6.07, 6.45) is 0. The molecular formula is C14H12ClNO2. The summed E-state index contributed by atoms with van der Waals surface area (Å²) in [6, 6.07) is 12.4. The molecule has 92 valence electrons. The number of nitrogen functional groups attached to an aromatic ring is 1. The average Bonchev–Trinajstić information content (AvgIpc) is 2.38. The van der Waals surface area contributed by atoms with Gasteiger partial charge in [-0.05, 0) is 29.8 Å². The normalized spacial score (nSPS) is 10.1. The zero-order valence-corrected chi connectivity index (χ0v) is 10.6. The molecule has 2 aromatic rings. The number of hydrogen-bond acceptors (Lipinski definition) is 3. The van der Waals surface area contributed by atoms with Crippen LogP contribution in [0.3, 0.4) is 0 Å². The van der Waals surface area contributed by atoms with Crippen LogP contribution < -0.4 is 5.73 Å². The van der Waals surface area contributed by atoms with E-state index < -0.39 is 0 Å². The van der Waals surface area contributed by atoms with Crippen molar-refractivity contribution in [1.82, 2.24) is 0 Å². The van der Waals surface area contributed by atoms with Gasteiger partial charge >= 0.3 is 5.97 Å². The van der Waals surface area contributed by atoms with Gasteiger partial charge in [0, 0.05) is 11.3 Å². The van der Waals surface area contributed by atoms with Gasteiger partial charge in [0.2, 0.25) is 0 Å². The third kappa shape index (κ3) is 2.46. The Kier molecular flexibility index (Phi) is 3.53. The highest BCUT2D eigenvalue weighted by molar-refractivity contribution is 6.33. The summed E-state index contributed by atoms with van der Waals surface area (Å²) in [7, 11) is 1.35. The molecular weight excluding hydrogens is 250 g/mol. The Labute approximate surface area is 110 Å². The van der Waals surface area contributed by atoms with Crippen LogP contribution in [0.25, 0.3) is 11.1 Å². The first-order valence-corrected chi connectivity index (χ1v) is 5.73. The Morgan fingerprint density at radius 2 is 2.00 bits per heavy atom. The Balaban J connectivity index is 2.48. The average molecular weight is 262 g/mol. The molecule has 4 heteroatoms. The Hall–Kier alpha value is -2.00. The maximum absolute atomic E-state index is 11.5. The molecule has 0 saturated carbocycles. The second kappa shape index (κ2) is 5.10. The van der Waals surface area contributed by atoms with Crippen molar-refractivity contribution in [3.63, 3.8) is 0 Å². The van der Waals surface area contributed by atoms with Gasteiger partial charge in [-0.25, -0.2) is 4.79 Å². The summed E-state index contributed by atoms with van der Waals surface area (Å²) >= 11 is 6.13. The molecule has 0 heterocycles. The van der Waals surface area contributed by atoms with Gasteiger partial charge in [-0.1, -0.05) is 29.8 Å². The van der Waals surface area contributed by atoms with Gasteiger partial charge in [0.1, 0.15) is 0 Å². The van der Waals surface area contributed by atoms with Crippen molar-refractivity contribution in [2.75, 3.05) is 12.8 Å². The van der Waals surface area contributed by atoms with Crippen molar-refractivity contribution in [2.45, 2.75) is 0 Å². The van der Waals surface area contributed by atoms with Crippen LogP contribution in [0.4, 0.5) is 5.69 Å². The van der Waals surface area contributed by atoms with Crippen LogP contribution in [0.2, 0.25) is 5.02 Å². The predicted octanol–water partition coefficient (Wildman–Crippen LogP) is 3.38. The van der Waals surface area contributed by atoms with Crippen molar-refractivity contribution in [3.05, 3.63) is 53.1 Å². The minimum atomic E-state index is -0.372. The number of benzene rings is 2. The van der Waals surface area contributed by atoms with Crippen molar-refractivity contribution in [3.8, 4) is 11.1 Å². The molecule has 0 amide bonds. The van der Waals surface area contributed by atoms with Gasteiger partial charge in [0.05, 0.1) is 17.7 Å². The molecule has 2 aromatic carbocycles. The lowest BCUT2D eigenvalue weighted by Gasteiger charge is -2.07. The standard InChI is InChI=1S/C14H12ClNO2/c1-18-14(17)10-4-2-3-9(7-10)12-6-5-11(16)8-13(12)15/h2-8H,16H2,1H3. The van der Waals surface area contributed by atoms with Gasteiger partial charge < -0.3 is 10.5 Å². The highest BCUT2D eigenvalue weighted by atomic mass is 35.5. The van der Waals surface area contributed by atoms with E-state index in [9.17, 15) is 4.79 Å². The molecule has 0 unspecified atom stereocenters. The van der Waals surface area contributed by atoms with Crippen molar-refractivity contribution in [1.29, 1.82) is 0 Å². The van der Waals surface area contributed by atoms with Crippen LogP contribution in [0.5, 0.6) is 0 Å². The molecule has 0 aromatic heterocycles. The molecule has 18 heavy (non-hydrogen) atoms. The van der Waals surface area contributed by atoms with E-state index in [4.69, 9.17) is 17.3 Å². The van der Waals surface area contributed by atoms with E-state index >= 15 is 0 Å². The van der Waals surface area contributed by atoms with Crippen LogP contribution in [0.1, 0.15) is 10.4 Å². The third-order valence-electron chi connectivity index (χ3n) is 2.59. The maximum atomic E-state index is 11.5. The molecule has 0 spiro atoms. The molecule has 2 N–H and O–H groups in total. The Bertz CT molecular complexity index is 596. The van der Waals surface area contributed by atoms with Crippen LogP contribution in [-0.4, -0.2) is 13.1 Å². The van der Waals surface area contributed by atoms with E-state index in [1.807, 2.05) is 12.1 Å². The first-order valence-electron chi connectivity index (χ1n) is 5.35. The molecule has 0 fully saturated rings. The van der Waals surface area contributed by atoms with E-state index in [-0.39, 0.29) is 5.97 Å². The molecule has 2 rings (SSSR count). The number of anilines is 1. The van der Waals surface area contributed by atoms with E-state index in [0.717, 1.165) is 11.1 Å². The maximum Gasteiger partial charge on any atom is 0.337 e. The number of hydrogen-bond donors (Lipinski definition) is 1. The number of methoxy groups -OCH3 is 1. The molecule has 0 bridgehead atoms. The van der Waals surface area contributed by atoms with E-state index in [1.165, 1.54) is 7.11 Å². The molecule has 0 aliphatic rings. The van der Waals surface area contributed by atoms with Crippen LogP contribution in [0, 0.1) is 0 Å². The van der Waals surface area contributed by atoms with E-state index in [0.29, 0.717) is 16.3 Å². The molecule has 0 aliphatic heterocycles. The Morgan fingerprint density at radius 3 is 2.67 bits per heavy atom. The molecule has 3 nitrogen and oxygen atoms in total. The van der Waals surface area contributed by atoms with Crippen LogP contribution in [0.15, 0.2) is 42.5 Å². The van der Waals surface area contributed by atoms with Gasteiger partial charge in [0.25, 0.3) is 0 Å². The molecule has 0 atom stereocenters. The number of carbonyl (C=O) groups excluding carboxylic acids is 1. The number of carbonyl (C=O) groups is 1.